The summed E-state index contributed by atoms with van der Waals surface area (Å²) in [7, 11) is 1.72. The average molecular weight is 289 g/mol. The number of aryl methyl sites for hydroxylation is 1. The van der Waals surface area contributed by atoms with Crippen LogP contribution in [0.1, 0.15) is 43.5 Å². The zero-order valence-electron chi connectivity index (χ0n) is 13.3. The first-order chi connectivity index (χ1) is 10.2. The number of aromatic nitrogens is 1. The second-order valence-electron chi connectivity index (χ2n) is 6.62. The maximum atomic E-state index is 5.36. The highest BCUT2D eigenvalue weighted by molar-refractivity contribution is 5.26. The first kappa shape index (κ1) is 14.8. The Bertz CT molecular complexity index is 477. The van der Waals surface area contributed by atoms with Crippen molar-refractivity contribution in [1.29, 1.82) is 0 Å². The van der Waals surface area contributed by atoms with E-state index in [1.54, 1.807) is 7.11 Å². The van der Waals surface area contributed by atoms with E-state index in [4.69, 9.17) is 4.74 Å². The summed E-state index contributed by atoms with van der Waals surface area (Å²) in [5.41, 5.74) is 2.52. The van der Waals surface area contributed by atoms with E-state index in [0.717, 1.165) is 43.3 Å². The van der Waals surface area contributed by atoms with Crippen LogP contribution in [-0.2, 0) is 6.54 Å². The van der Waals surface area contributed by atoms with Crippen molar-refractivity contribution in [3.05, 3.63) is 23.5 Å². The molecule has 1 aliphatic heterocycles. The van der Waals surface area contributed by atoms with E-state index in [-0.39, 0.29) is 0 Å². The fourth-order valence-corrected chi connectivity index (χ4v) is 3.87. The van der Waals surface area contributed by atoms with Gasteiger partial charge in [0.25, 0.3) is 0 Å². The van der Waals surface area contributed by atoms with Crippen molar-refractivity contribution >= 4 is 0 Å². The molecule has 0 atom stereocenters. The van der Waals surface area contributed by atoms with Gasteiger partial charge in [0.15, 0.2) is 0 Å². The molecule has 0 bridgehead atoms. The lowest BCUT2D eigenvalue weighted by molar-refractivity contribution is 0.0935. The Balaban J connectivity index is 1.68. The quantitative estimate of drug-likeness (QED) is 0.928. The van der Waals surface area contributed by atoms with Gasteiger partial charge in [-0.2, -0.15) is 0 Å². The first-order valence-electron chi connectivity index (χ1n) is 8.18. The van der Waals surface area contributed by atoms with Crippen LogP contribution in [0.15, 0.2) is 12.1 Å². The molecule has 1 aromatic rings. The Morgan fingerprint density at radius 3 is 2.86 bits per heavy atom. The second-order valence-corrected chi connectivity index (χ2v) is 6.62. The molecule has 2 aliphatic rings. The SMILES string of the molecule is COc1cc(C)nc(CN2CCNC3(CCCCC3)C2)c1. The molecule has 0 radical (unpaired) electrons. The first-order valence-corrected chi connectivity index (χ1v) is 8.18. The molecule has 3 rings (SSSR count). The molecule has 116 valence electrons. The van der Waals surface area contributed by atoms with Gasteiger partial charge in [-0.1, -0.05) is 19.3 Å². The van der Waals surface area contributed by atoms with Crippen LogP contribution < -0.4 is 10.1 Å². The second kappa shape index (κ2) is 6.32. The van der Waals surface area contributed by atoms with Crippen LogP contribution in [0, 0.1) is 6.92 Å². The Morgan fingerprint density at radius 2 is 2.10 bits per heavy atom. The van der Waals surface area contributed by atoms with E-state index >= 15 is 0 Å². The molecule has 4 nitrogen and oxygen atoms in total. The van der Waals surface area contributed by atoms with Crippen molar-refractivity contribution in [3.63, 3.8) is 0 Å². The molecule has 0 aromatic carbocycles. The molecule has 1 N–H and O–H groups in total. The molecule has 1 saturated carbocycles. The van der Waals surface area contributed by atoms with Crippen molar-refractivity contribution in [1.82, 2.24) is 15.2 Å². The van der Waals surface area contributed by atoms with Crippen LogP contribution in [0.4, 0.5) is 0 Å². The lowest BCUT2D eigenvalue weighted by Gasteiger charge is -2.46. The Labute approximate surface area is 127 Å². The molecule has 2 heterocycles. The largest absolute Gasteiger partial charge is 0.497 e. The predicted octanol–water partition coefficient (Wildman–Crippen LogP) is 2.51. The molecule has 4 heteroatoms. The lowest BCUT2D eigenvalue weighted by Crippen LogP contribution is -2.60. The van der Waals surface area contributed by atoms with E-state index < -0.39 is 0 Å². The van der Waals surface area contributed by atoms with Gasteiger partial charge < -0.3 is 10.1 Å². The number of hydrogen-bond donors (Lipinski definition) is 1. The highest BCUT2D eigenvalue weighted by atomic mass is 16.5. The highest BCUT2D eigenvalue weighted by Gasteiger charge is 2.36. The van der Waals surface area contributed by atoms with Crippen molar-refractivity contribution in [2.75, 3.05) is 26.7 Å². The monoisotopic (exact) mass is 289 g/mol. The Morgan fingerprint density at radius 1 is 1.29 bits per heavy atom. The summed E-state index contributed by atoms with van der Waals surface area (Å²) in [5, 5.41) is 3.80. The summed E-state index contributed by atoms with van der Waals surface area (Å²) in [6, 6.07) is 4.06. The van der Waals surface area contributed by atoms with Crippen LogP contribution in [-0.4, -0.2) is 42.2 Å². The van der Waals surface area contributed by atoms with Gasteiger partial charge >= 0.3 is 0 Å². The molecular formula is C17H27N3O. The number of methoxy groups -OCH3 is 1. The van der Waals surface area contributed by atoms with Gasteiger partial charge in [-0.15, -0.1) is 0 Å². The van der Waals surface area contributed by atoms with Gasteiger partial charge in [0.05, 0.1) is 12.8 Å². The van der Waals surface area contributed by atoms with Crippen LogP contribution in [0.25, 0.3) is 0 Å². The van der Waals surface area contributed by atoms with Crippen molar-refractivity contribution in [3.8, 4) is 5.75 Å². The summed E-state index contributed by atoms with van der Waals surface area (Å²) >= 11 is 0. The van der Waals surface area contributed by atoms with E-state index in [1.165, 1.54) is 32.1 Å². The third-order valence-corrected chi connectivity index (χ3v) is 4.87. The van der Waals surface area contributed by atoms with E-state index in [1.807, 2.05) is 13.0 Å². The maximum absolute atomic E-state index is 5.36. The van der Waals surface area contributed by atoms with Gasteiger partial charge in [-0.05, 0) is 19.8 Å². The average Bonchev–Trinajstić information content (AvgIpc) is 2.47. The van der Waals surface area contributed by atoms with Gasteiger partial charge in [0, 0.05) is 49.5 Å². The minimum Gasteiger partial charge on any atom is -0.497 e. The molecule has 1 spiro atoms. The normalized spacial score (nSPS) is 22.4. The summed E-state index contributed by atoms with van der Waals surface area (Å²) in [4.78, 5) is 7.23. The Hall–Kier alpha value is -1.13. The van der Waals surface area contributed by atoms with E-state index in [0.29, 0.717) is 5.54 Å². The van der Waals surface area contributed by atoms with Gasteiger partial charge in [0.2, 0.25) is 0 Å². The Kier molecular flexibility index (Phi) is 4.45. The molecule has 1 saturated heterocycles. The topological polar surface area (TPSA) is 37.4 Å². The molecule has 21 heavy (non-hydrogen) atoms. The van der Waals surface area contributed by atoms with Crippen molar-refractivity contribution in [2.24, 2.45) is 0 Å². The number of ether oxygens (including phenoxy) is 1. The number of pyridine rings is 1. The highest BCUT2D eigenvalue weighted by Crippen LogP contribution is 2.31. The van der Waals surface area contributed by atoms with Crippen LogP contribution >= 0.6 is 0 Å². The number of nitrogens with zero attached hydrogens (tertiary/aromatic N) is 2. The van der Waals surface area contributed by atoms with Crippen LogP contribution in [0.3, 0.4) is 0 Å². The number of piperazine rings is 1. The summed E-state index contributed by atoms with van der Waals surface area (Å²) in [6.07, 6.45) is 6.80. The molecule has 2 fully saturated rings. The zero-order chi connectivity index (χ0) is 14.7. The predicted molar refractivity (Wildman–Crippen MR) is 84.6 cm³/mol. The van der Waals surface area contributed by atoms with Crippen LogP contribution in [0.5, 0.6) is 5.75 Å². The number of nitrogens with one attached hydrogen (secondary N) is 1. The lowest BCUT2D eigenvalue weighted by atomic mass is 9.80. The molecule has 1 aromatic heterocycles. The third kappa shape index (κ3) is 3.55. The molecular weight excluding hydrogens is 262 g/mol. The smallest absolute Gasteiger partial charge is 0.122 e. The molecule has 1 aliphatic carbocycles. The zero-order valence-corrected chi connectivity index (χ0v) is 13.3. The third-order valence-electron chi connectivity index (χ3n) is 4.87. The fraction of sp³-hybridized carbons (Fsp3) is 0.706. The van der Waals surface area contributed by atoms with Gasteiger partial charge in [-0.25, -0.2) is 0 Å². The van der Waals surface area contributed by atoms with Gasteiger partial charge in [-0.3, -0.25) is 9.88 Å². The van der Waals surface area contributed by atoms with Crippen molar-refractivity contribution < 1.29 is 4.74 Å². The summed E-state index contributed by atoms with van der Waals surface area (Å²) in [6.45, 7) is 6.33. The van der Waals surface area contributed by atoms with Crippen LogP contribution in [0.2, 0.25) is 0 Å². The van der Waals surface area contributed by atoms with E-state index in [9.17, 15) is 0 Å². The fourth-order valence-electron chi connectivity index (χ4n) is 3.87. The standard InChI is InChI=1S/C17H27N3O/c1-14-10-16(21-2)11-15(19-14)12-20-9-8-18-17(13-20)6-4-3-5-7-17/h10-11,18H,3-9,12-13H2,1-2H3. The van der Waals surface area contributed by atoms with Gasteiger partial charge in [0.1, 0.15) is 5.75 Å². The molecule has 0 unspecified atom stereocenters. The van der Waals surface area contributed by atoms with E-state index in [2.05, 4.69) is 21.3 Å². The summed E-state index contributed by atoms with van der Waals surface area (Å²) in [5.74, 6) is 0.917. The minimum atomic E-state index is 0.365. The molecule has 0 amide bonds. The van der Waals surface area contributed by atoms with Crippen molar-refractivity contribution in [2.45, 2.75) is 51.1 Å². The maximum Gasteiger partial charge on any atom is 0.122 e. The minimum absolute atomic E-state index is 0.365. The summed E-state index contributed by atoms with van der Waals surface area (Å²) < 4.78 is 5.36. The number of rotatable bonds is 3. The number of hydrogen-bond acceptors (Lipinski definition) is 4.